The molecule has 0 aromatic carbocycles. The third kappa shape index (κ3) is 3.51. The number of nitrogens with one attached hydrogen (secondary N) is 1. The molecule has 0 bridgehead atoms. The van der Waals surface area contributed by atoms with Crippen LogP contribution in [0.3, 0.4) is 0 Å². The molecule has 4 heteroatoms. The number of hydrogen-bond donors (Lipinski definition) is 2. The fourth-order valence-electron chi connectivity index (χ4n) is 2.88. The van der Waals surface area contributed by atoms with Gasteiger partial charge in [0.15, 0.2) is 0 Å². The van der Waals surface area contributed by atoms with Crippen LogP contribution in [0, 0.1) is 17.8 Å². The van der Waals surface area contributed by atoms with E-state index in [1.165, 1.54) is 6.92 Å². The molecule has 1 aliphatic rings. The Morgan fingerprint density at radius 1 is 1.19 bits per heavy atom. The summed E-state index contributed by atoms with van der Waals surface area (Å²) in [5, 5.41) is 11.7. The maximum Gasteiger partial charge on any atom is 0.326 e. The quantitative estimate of drug-likeness (QED) is 0.770. The van der Waals surface area contributed by atoms with Crippen molar-refractivity contribution in [1.82, 2.24) is 5.32 Å². The molecule has 3 unspecified atom stereocenters. The first-order valence-electron chi connectivity index (χ1n) is 5.90. The number of carbonyl (C=O) groups excluding carboxylic acids is 1. The van der Waals surface area contributed by atoms with Crippen LogP contribution in [0.2, 0.25) is 0 Å². The van der Waals surface area contributed by atoms with Crippen LogP contribution in [0.4, 0.5) is 0 Å². The van der Waals surface area contributed by atoms with Gasteiger partial charge in [-0.25, -0.2) is 4.79 Å². The molecule has 1 amide bonds. The first kappa shape index (κ1) is 13.0. The highest BCUT2D eigenvalue weighted by molar-refractivity contribution is 5.82. The van der Waals surface area contributed by atoms with Crippen LogP contribution in [-0.2, 0) is 9.59 Å². The minimum Gasteiger partial charge on any atom is -0.480 e. The monoisotopic (exact) mass is 227 g/mol. The molecule has 1 fully saturated rings. The summed E-state index contributed by atoms with van der Waals surface area (Å²) in [6.45, 7) is 5.66. The molecule has 3 atom stereocenters. The predicted molar refractivity (Wildman–Crippen MR) is 60.9 cm³/mol. The fourth-order valence-corrected chi connectivity index (χ4v) is 2.88. The topological polar surface area (TPSA) is 66.4 Å². The molecule has 16 heavy (non-hydrogen) atoms. The number of carboxylic acids is 1. The highest BCUT2D eigenvalue weighted by Gasteiger charge is 2.34. The number of hydrogen-bond acceptors (Lipinski definition) is 2. The van der Waals surface area contributed by atoms with E-state index >= 15 is 0 Å². The molecule has 1 aliphatic carbocycles. The van der Waals surface area contributed by atoms with E-state index in [1.807, 2.05) is 0 Å². The molecule has 1 saturated carbocycles. The molecule has 0 aromatic heterocycles. The molecule has 0 spiro atoms. The average Bonchev–Trinajstić information content (AvgIpc) is 2.11. The van der Waals surface area contributed by atoms with Gasteiger partial charge in [-0.2, -0.15) is 0 Å². The second kappa shape index (κ2) is 5.32. The average molecular weight is 227 g/mol. The maximum atomic E-state index is 11.1. The van der Waals surface area contributed by atoms with Crippen LogP contribution in [0.25, 0.3) is 0 Å². The summed E-state index contributed by atoms with van der Waals surface area (Å²) in [6, 6.07) is -0.720. The number of carbonyl (C=O) groups is 2. The Hall–Kier alpha value is -1.06. The normalized spacial score (nSPS) is 31.8. The lowest BCUT2D eigenvalue weighted by Crippen LogP contribution is -2.47. The third-order valence-electron chi connectivity index (χ3n) is 3.31. The lowest BCUT2D eigenvalue weighted by Gasteiger charge is -2.34. The fraction of sp³-hybridized carbons (Fsp3) is 0.833. The first-order valence-corrected chi connectivity index (χ1v) is 5.90. The molecule has 4 nitrogen and oxygen atoms in total. The van der Waals surface area contributed by atoms with E-state index in [0.717, 1.165) is 19.3 Å². The van der Waals surface area contributed by atoms with Gasteiger partial charge in [-0.3, -0.25) is 4.79 Å². The van der Waals surface area contributed by atoms with Crippen LogP contribution in [-0.4, -0.2) is 23.0 Å². The Bertz CT molecular complexity index is 267. The van der Waals surface area contributed by atoms with E-state index in [2.05, 4.69) is 19.2 Å². The number of carboxylic acid groups (broad SMARTS) is 1. The van der Waals surface area contributed by atoms with Crippen molar-refractivity contribution in [3.05, 3.63) is 0 Å². The van der Waals surface area contributed by atoms with Crippen LogP contribution in [0.5, 0.6) is 0 Å². The summed E-state index contributed by atoms with van der Waals surface area (Å²) < 4.78 is 0. The van der Waals surface area contributed by atoms with Gasteiger partial charge in [0.25, 0.3) is 0 Å². The zero-order valence-electron chi connectivity index (χ0n) is 10.2. The van der Waals surface area contributed by atoms with Crippen LogP contribution < -0.4 is 5.32 Å². The van der Waals surface area contributed by atoms with E-state index in [-0.39, 0.29) is 11.8 Å². The lowest BCUT2D eigenvalue weighted by atomic mass is 9.73. The van der Waals surface area contributed by atoms with Gasteiger partial charge in [-0.1, -0.05) is 13.8 Å². The molecule has 0 radical (unpaired) electrons. The summed E-state index contributed by atoms with van der Waals surface area (Å²) in [5.41, 5.74) is 0. The summed E-state index contributed by atoms with van der Waals surface area (Å²) in [5.74, 6) is -0.0198. The second-order valence-electron chi connectivity index (χ2n) is 5.19. The second-order valence-corrected chi connectivity index (χ2v) is 5.19. The van der Waals surface area contributed by atoms with E-state index in [0.29, 0.717) is 11.8 Å². The van der Waals surface area contributed by atoms with Gasteiger partial charge < -0.3 is 10.4 Å². The van der Waals surface area contributed by atoms with Crippen molar-refractivity contribution in [1.29, 1.82) is 0 Å². The SMILES string of the molecule is CC(=O)NC(C(=O)O)C1CC(C)CC(C)C1. The molecule has 92 valence electrons. The van der Waals surface area contributed by atoms with Crippen molar-refractivity contribution in [3.63, 3.8) is 0 Å². The van der Waals surface area contributed by atoms with Crippen molar-refractivity contribution in [2.75, 3.05) is 0 Å². The van der Waals surface area contributed by atoms with E-state index in [1.54, 1.807) is 0 Å². The third-order valence-corrected chi connectivity index (χ3v) is 3.31. The highest BCUT2D eigenvalue weighted by Crippen LogP contribution is 2.34. The van der Waals surface area contributed by atoms with Gasteiger partial charge in [0.05, 0.1) is 0 Å². The highest BCUT2D eigenvalue weighted by atomic mass is 16.4. The van der Waals surface area contributed by atoms with Crippen molar-refractivity contribution < 1.29 is 14.7 Å². The van der Waals surface area contributed by atoms with Crippen molar-refractivity contribution in [3.8, 4) is 0 Å². The van der Waals surface area contributed by atoms with Crippen LogP contribution >= 0.6 is 0 Å². The summed E-state index contributed by atoms with van der Waals surface area (Å²) in [7, 11) is 0. The Morgan fingerprint density at radius 2 is 1.69 bits per heavy atom. The number of rotatable bonds is 3. The number of amides is 1. The van der Waals surface area contributed by atoms with E-state index < -0.39 is 12.0 Å². The van der Waals surface area contributed by atoms with Crippen LogP contribution in [0.1, 0.15) is 40.0 Å². The molecular formula is C12H21NO3. The van der Waals surface area contributed by atoms with Gasteiger partial charge in [0.1, 0.15) is 6.04 Å². The minimum absolute atomic E-state index is 0.0696. The van der Waals surface area contributed by atoms with Crippen molar-refractivity contribution >= 4 is 11.9 Å². The molecular weight excluding hydrogens is 206 g/mol. The largest absolute Gasteiger partial charge is 0.480 e. The van der Waals surface area contributed by atoms with Crippen LogP contribution in [0.15, 0.2) is 0 Å². The predicted octanol–water partition coefficient (Wildman–Crippen LogP) is 1.65. The molecule has 0 aromatic rings. The molecule has 0 aliphatic heterocycles. The number of aliphatic carboxylic acids is 1. The zero-order chi connectivity index (χ0) is 12.3. The van der Waals surface area contributed by atoms with Gasteiger partial charge in [0.2, 0.25) is 5.91 Å². The van der Waals surface area contributed by atoms with E-state index in [4.69, 9.17) is 5.11 Å². The maximum absolute atomic E-state index is 11.1. The standard InChI is InChI=1S/C12H21NO3/c1-7-4-8(2)6-10(5-7)11(12(15)16)13-9(3)14/h7-8,10-11H,4-6H2,1-3H3,(H,13,14)(H,15,16). The summed E-state index contributed by atoms with van der Waals surface area (Å²) >= 11 is 0. The Balaban J connectivity index is 2.69. The van der Waals surface area contributed by atoms with Gasteiger partial charge >= 0.3 is 5.97 Å². The summed E-state index contributed by atoms with van der Waals surface area (Å²) in [6.07, 6.45) is 2.94. The van der Waals surface area contributed by atoms with Crippen molar-refractivity contribution in [2.24, 2.45) is 17.8 Å². The Kier molecular flexibility index (Phi) is 4.33. The Labute approximate surface area is 96.4 Å². The summed E-state index contributed by atoms with van der Waals surface area (Å²) in [4.78, 5) is 22.1. The lowest BCUT2D eigenvalue weighted by molar-refractivity contribution is -0.144. The molecule has 0 saturated heterocycles. The van der Waals surface area contributed by atoms with E-state index in [9.17, 15) is 9.59 Å². The Morgan fingerprint density at radius 3 is 2.06 bits per heavy atom. The smallest absolute Gasteiger partial charge is 0.326 e. The minimum atomic E-state index is -0.915. The molecule has 2 N–H and O–H groups in total. The van der Waals surface area contributed by atoms with Gasteiger partial charge in [-0.05, 0) is 37.0 Å². The van der Waals surface area contributed by atoms with Gasteiger partial charge in [0, 0.05) is 6.92 Å². The zero-order valence-corrected chi connectivity index (χ0v) is 10.2. The molecule has 0 heterocycles. The molecule has 1 rings (SSSR count). The first-order chi connectivity index (χ1) is 7.40. The van der Waals surface area contributed by atoms with Gasteiger partial charge in [-0.15, -0.1) is 0 Å². The van der Waals surface area contributed by atoms with Crippen molar-refractivity contribution in [2.45, 2.75) is 46.1 Å².